The van der Waals surface area contributed by atoms with E-state index in [1.165, 1.54) is 11.2 Å². The molecule has 32 heavy (non-hydrogen) atoms. The number of aromatic nitrogens is 4. The number of cyclic esters (lactones) is 1. The van der Waals surface area contributed by atoms with Crippen LogP contribution in [0.2, 0.25) is 0 Å². The molecule has 0 spiro atoms. The van der Waals surface area contributed by atoms with Crippen molar-refractivity contribution in [3.8, 4) is 5.75 Å². The Kier molecular flexibility index (Phi) is 6.69. The number of ether oxygens (including phenoxy) is 2. The van der Waals surface area contributed by atoms with Gasteiger partial charge in [0.05, 0.1) is 24.0 Å². The first-order chi connectivity index (χ1) is 15.4. The molecular weight excluding hydrogens is 410 g/mol. The minimum Gasteiger partial charge on any atom is -0.489 e. The summed E-state index contributed by atoms with van der Waals surface area (Å²) in [6.45, 7) is 8.49. The molecule has 10 heteroatoms. The number of likely N-dealkylation sites (tertiary alicyclic amines) is 1. The van der Waals surface area contributed by atoms with Crippen molar-refractivity contribution in [1.82, 2.24) is 24.8 Å². The number of piperidine rings is 1. The zero-order valence-electron chi connectivity index (χ0n) is 19.1. The van der Waals surface area contributed by atoms with Crippen molar-refractivity contribution in [3.63, 3.8) is 0 Å². The van der Waals surface area contributed by atoms with E-state index in [0.29, 0.717) is 12.6 Å². The van der Waals surface area contributed by atoms with Crippen LogP contribution < -0.4 is 15.0 Å². The van der Waals surface area contributed by atoms with Crippen LogP contribution in [0.15, 0.2) is 24.7 Å². The predicted octanol–water partition coefficient (Wildman–Crippen LogP) is 2.89. The van der Waals surface area contributed by atoms with Crippen LogP contribution in [0.3, 0.4) is 0 Å². The van der Waals surface area contributed by atoms with Gasteiger partial charge in [-0.3, -0.25) is 4.98 Å². The van der Waals surface area contributed by atoms with Gasteiger partial charge in [-0.15, -0.1) is 0 Å². The van der Waals surface area contributed by atoms with Crippen molar-refractivity contribution < 1.29 is 14.3 Å². The predicted molar refractivity (Wildman–Crippen MR) is 120 cm³/mol. The normalized spacial score (nSPS) is 21.0. The van der Waals surface area contributed by atoms with Crippen molar-refractivity contribution in [2.24, 2.45) is 5.92 Å². The molecule has 2 aliphatic rings. The van der Waals surface area contributed by atoms with Gasteiger partial charge < -0.3 is 19.7 Å². The number of carbonyl (C=O) groups is 1. The highest BCUT2D eigenvalue weighted by atomic mass is 16.6. The van der Waals surface area contributed by atoms with Crippen LogP contribution in [0.5, 0.6) is 5.75 Å². The standard InChI is InChI=1S/C22H31N7O3/c1-14(2)19-12-31-22(30)29(19)21-25-13-24-20(27-21)26-15(3)18-6-5-17(11-23-18)32-16-7-9-28(4)10-8-16/h5-6,11,13-16,19H,7-10,12H2,1-4H3,(H,24,25,26,27)/t15-,19?/m0/s1. The second-order valence-electron chi connectivity index (χ2n) is 8.77. The second-order valence-corrected chi connectivity index (χ2v) is 8.77. The van der Waals surface area contributed by atoms with Crippen molar-refractivity contribution in [2.75, 3.05) is 37.0 Å². The third kappa shape index (κ3) is 5.07. The molecule has 10 nitrogen and oxygen atoms in total. The van der Waals surface area contributed by atoms with Gasteiger partial charge in [0.1, 0.15) is 24.8 Å². The fourth-order valence-corrected chi connectivity index (χ4v) is 3.91. The number of amides is 1. The Hall–Kier alpha value is -3.01. The lowest BCUT2D eigenvalue weighted by Gasteiger charge is -2.29. The third-order valence-corrected chi connectivity index (χ3v) is 5.97. The average molecular weight is 442 g/mol. The van der Waals surface area contributed by atoms with Crippen molar-refractivity contribution >= 4 is 18.0 Å². The van der Waals surface area contributed by atoms with Gasteiger partial charge in [0, 0.05) is 13.1 Å². The largest absolute Gasteiger partial charge is 0.489 e. The Labute approximate surface area is 188 Å². The molecule has 2 atom stereocenters. The van der Waals surface area contributed by atoms with E-state index in [9.17, 15) is 4.79 Å². The first kappa shape index (κ1) is 22.2. The highest BCUT2D eigenvalue weighted by Crippen LogP contribution is 2.25. The van der Waals surface area contributed by atoms with E-state index in [0.717, 1.165) is 37.4 Å². The van der Waals surface area contributed by atoms with Gasteiger partial charge in [-0.2, -0.15) is 4.98 Å². The van der Waals surface area contributed by atoms with Crippen LogP contribution in [0.25, 0.3) is 0 Å². The maximum atomic E-state index is 12.2. The molecule has 0 aliphatic carbocycles. The molecule has 0 aromatic carbocycles. The van der Waals surface area contributed by atoms with Gasteiger partial charge in [0.25, 0.3) is 0 Å². The minimum absolute atomic E-state index is 0.103. The van der Waals surface area contributed by atoms with Gasteiger partial charge in [-0.1, -0.05) is 13.8 Å². The molecule has 1 amide bonds. The molecule has 2 saturated heterocycles. The Bertz CT molecular complexity index is 916. The number of nitrogens with zero attached hydrogens (tertiary/aromatic N) is 6. The lowest BCUT2D eigenvalue weighted by Crippen LogP contribution is -2.38. The van der Waals surface area contributed by atoms with Crippen molar-refractivity contribution in [3.05, 3.63) is 30.4 Å². The van der Waals surface area contributed by atoms with E-state index in [4.69, 9.17) is 9.47 Å². The summed E-state index contributed by atoms with van der Waals surface area (Å²) in [4.78, 5) is 33.4. The Morgan fingerprint density at radius 1 is 1.16 bits per heavy atom. The van der Waals surface area contributed by atoms with E-state index in [-0.39, 0.29) is 30.1 Å². The quantitative estimate of drug-likeness (QED) is 0.694. The highest BCUT2D eigenvalue weighted by molar-refractivity contribution is 5.88. The number of nitrogens with one attached hydrogen (secondary N) is 1. The van der Waals surface area contributed by atoms with Gasteiger partial charge >= 0.3 is 6.09 Å². The number of hydrogen-bond acceptors (Lipinski definition) is 9. The van der Waals surface area contributed by atoms with Crippen molar-refractivity contribution in [2.45, 2.75) is 51.8 Å². The number of pyridine rings is 1. The molecule has 2 fully saturated rings. The van der Waals surface area contributed by atoms with Gasteiger partial charge in [0.15, 0.2) is 0 Å². The fourth-order valence-electron chi connectivity index (χ4n) is 3.91. The molecular formula is C22H31N7O3. The van der Waals surface area contributed by atoms with Crippen LogP contribution in [0.4, 0.5) is 16.7 Å². The molecule has 2 aromatic heterocycles. The molecule has 1 unspecified atom stereocenters. The minimum atomic E-state index is -0.434. The smallest absolute Gasteiger partial charge is 0.417 e. The first-order valence-corrected chi connectivity index (χ1v) is 11.1. The summed E-state index contributed by atoms with van der Waals surface area (Å²) < 4.78 is 11.3. The summed E-state index contributed by atoms with van der Waals surface area (Å²) in [6, 6.07) is 3.64. The molecule has 172 valence electrons. The van der Waals surface area contributed by atoms with E-state index < -0.39 is 6.09 Å². The van der Waals surface area contributed by atoms with Gasteiger partial charge in [-0.25, -0.2) is 19.7 Å². The van der Waals surface area contributed by atoms with Crippen LogP contribution >= 0.6 is 0 Å². The summed E-state index contributed by atoms with van der Waals surface area (Å²) in [5.41, 5.74) is 0.836. The van der Waals surface area contributed by atoms with Crippen LogP contribution in [-0.4, -0.2) is 69.8 Å². The molecule has 1 N–H and O–H groups in total. The van der Waals surface area contributed by atoms with E-state index in [1.54, 1.807) is 6.20 Å². The fraction of sp³-hybridized carbons (Fsp3) is 0.591. The molecule has 4 heterocycles. The lowest BCUT2D eigenvalue weighted by atomic mass is 10.1. The molecule has 0 saturated carbocycles. The van der Waals surface area contributed by atoms with Crippen LogP contribution in [0.1, 0.15) is 45.3 Å². The number of hydrogen-bond donors (Lipinski definition) is 1. The van der Waals surface area contributed by atoms with Crippen LogP contribution in [0, 0.1) is 5.92 Å². The maximum Gasteiger partial charge on any atom is 0.417 e. The molecule has 0 bridgehead atoms. The zero-order chi connectivity index (χ0) is 22.7. The van der Waals surface area contributed by atoms with Gasteiger partial charge in [-0.05, 0) is 44.9 Å². The summed E-state index contributed by atoms with van der Waals surface area (Å²) in [5, 5.41) is 3.24. The SMILES string of the molecule is CC(C)C1COC(=O)N1c1ncnc(N[C@@H](C)c2ccc(OC3CCN(C)CC3)cn2)n1. The number of carbonyl (C=O) groups excluding carboxylic acids is 1. The average Bonchev–Trinajstić information content (AvgIpc) is 3.18. The molecule has 0 radical (unpaired) electrons. The van der Waals surface area contributed by atoms with Gasteiger partial charge in [0.2, 0.25) is 11.9 Å². The zero-order valence-corrected chi connectivity index (χ0v) is 19.1. The molecule has 4 rings (SSSR count). The second kappa shape index (κ2) is 9.64. The summed E-state index contributed by atoms with van der Waals surface area (Å²) in [6.07, 6.45) is 5.02. The number of anilines is 2. The molecule has 2 aromatic rings. The lowest BCUT2D eigenvalue weighted by molar-refractivity contribution is 0.114. The number of rotatable bonds is 7. The summed E-state index contributed by atoms with van der Waals surface area (Å²) in [7, 11) is 2.13. The van der Waals surface area contributed by atoms with E-state index in [2.05, 4.69) is 37.2 Å². The Morgan fingerprint density at radius 3 is 2.62 bits per heavy atom. The molecule has 2 aliphatic heterocycles. The van der Waals surface area contributed by atoms with E-state index in [1.807, 2.05) is 32.9 Å². The Morgan fingerprint density at radius 2 is 1.94 bits per heavy atom. The first-order valence-electron chi connectivity index (χ1n) is 11.1. The monoisotopic (exact) mass is 441 g/mol. The third-order valence-electron chi connectivity index (χ3n) is 5.97. The van der Waals surface area contributed by atoms with Crippen molar-refractivity contribution in [1.29, 1.82) is 0 Å². The van der Waals surface area contributed by atoms with E-state index >= 15 is 0 Å². The Balaban J connectivity index is 1.39. The summed E-state index contributed by atoms with van der Waals surface area (Å²) >= 11 is 0. The van der Waals surface area contributed by atoms with Crippen LogP contribution in [-0.2, 0) is 4.74 Å². The topological polar surface area (TPSA) is 106 Å². The summed E-state index contributed by atoms with van der Waals surface area (Å²) in [5.74, 6) is 1.65. The highest BCUT2D eigenvalue weighted by Gasteiger charge is 2.38. The maximum absolute atomic E-state index is 12.2.